The summed E-state index contributed by atoms with van der Waals surface area (Å²) in [6.45, 7) is 24.5. The number of carbonyl (C=O) groups excluding carboxylic acids is 4. The second-order valence-corrected chi connectivity index (χ2v) is 19.5. The number of ether oxygens (including phenoxy) is 2. The minimum Gasteiger partial charge on any atom is -0.449 e. The standard InChI is InChI=1S/C46H70O8/c1-13-32-20-31(24-47)18-27(5)39(53-43(9,10)11)25(3)16-15-17-44(12)22-28(6)29(7)23-46(44)41(51)36(42(52)54-46)40(50)45(14-2)37(32)26(4)19-33-35(49)21-34(48)30(8)38(33)45/h19-20,22,25,27,29-31,33,35-39,47,49H,13-18,21,23-24H2,1-12H3/t25?,27-,29-,30?,31-,33-,35?,36?,37+,38?,39-,44-,45?,46?/m1/s1. The number of ketones is 3. The number of rotatable bonds is 4. The molecule has 5 rings (SSSR count). The second kappa shape index (κ2) is 15.5. The molecule has 1 saturated heterocycles. The van der Waals surface area contributed by atoms with Crippen LogP contribution in [0.25, 0.3) is 0 Å². The fourth-order valence-corrected chi connectivity index (χ4v) is 12.0. The zero-order chi connectivity index (χ0) is 40.3. The van der Waals surface area contributed by atoms with Crippen LogP contribution in [0.3, 0.4) is 0 Å². The van der Waals surface area contributed by atoms with Crippen LogP contribution in [0.4, 0.5) is 0 Å². The van der Waals surface area contributed by atoms with Gasteiger partial charge in [0, 0.05) is 54.0 Å². The van der Waals surface area contributed by atoms with Crippen LogP contribution in [0, 0.1) is 64.1 Å². The highest BCUT2D eigenvalue weighted by molar-refractivity contribution is 6.25. The van der Waals surface area contributed by atoms with Gasteiger partial charge in [0.1, 0.15) is 5.78 Å². The molecule has 8 nitrogen and oxygen atoms in total. The van der Waals surface area contributed by atoms with E-state index in [0.29, 0.717) is 25.7 Å². The molecular weight excluding hydrogens is 680 g/mol. The minimum absolute atomic E-state index is 0.00260. The number of hydrogen-bond acceptors (Lipinski definition) is 8. The lowest BCUT2D eigenvalue weighted by Gasteiger charge is -2.56. The first kappa shape index (κ1) is 42.7. The minimum atomic E-state index is -1.63. The van der Waals surface area contributed by atoms with Crippen molar-refractivity contribution in [2.75, 3.05) is 6.61 Å². The van der Waals surface area contributed by atoms with Crippen molar-refractivity contribution in [3.8, 4) is 0 Å². The van der Waals surface area contributed by atoms with E-state index in [1.54, 1.807) is 0 Å². The van der Waals surface area contributed by atoms with Crippen LogP contribution in [0.1, 0.15) is 134 Å². The van der Waals surface area contributed by atoms with Crippen LogP contribution in [0.15, 0.2) is 34.9 Å². The molecule has 2 fully saturated rings. The lowest BCUT2D eigenvalue weighted by atomic mass is 9.45. The predicted octanol–water partition coefficient (Wildman–Crippen LogP) is 8.18. The lowest BCUT2D eigenvalue weighted by molar-refractivity contribution is -0.167. The smallest absolute Gasteiger partial charge is 0.325 e. The van der Waals surface area contributed by atoms with Gasteiger partial charge in [-0.1, -0.05) is 89.8 Å². The van der Waals surface area contributed by atoms with Crippen molar-refractivity contribution in [1.29, 1.82) is 0 Å². The van der Waals surface area contributed by atoms with E-state index in [4.69, 9.17) is 9.47 Å². The van der Waals surface area contributed by atoms with E-state index in [-0.39, 0.29) is 60.6 Å². The Morgan fingerprint density at radius 3 is 2.22 bits per heavy atom. The summed E-state index contributed by atoms with van der Waals surface area (Å²) in [7, 11) is 0. The highest BCUT2D eigenvalue weighted by Gasteiger charge is 2.70. The van der Waals surface area contributed by atoms with Gasteiger partial charge in [0.2, 0.25) is 0 Å². The number of esters is 1. The summed E-state index contributed by atoms with van der Waals surface area (Å²) in [4.78, 5) is 59.3. The quantitative estimate of drug-likeness (QED) is 0.167. The molecule has 1 saturated carbocycles. The van der Waals surface area contributed by atoms with Crippen molar-refractivity contribution in [3.05, 3.63) is 34.9 Å². The maximum atomic E-state index is 15.9. The first-order valence-electron chi connectivity index (χ1n) is 21.0. The van der Waals surface area contributed by atoms with E-state index in [1.165, 1.54) is 0 Å². The van der Waals surface area contributed by atoms with Crippen LogP contribution >= 0.6 is 0 Å². The molecule has 7 unspecified atom stereocenters. The Hall–Kier alpha value is -2.42. The van der Waals surface area contributed by atoms with Gasteiger partial charge >= 0.3 is 5.97 Å². The van der Waals surface area contributed by atoms with Crippen LogP contribution < -0.4 is 0 Å². The molecule has 4 aliphatic carbocycles. The van der Waals surface area contributed by atoms with Crippen molar-refractivity contribution in [1.82, 2.24) is 0 Å². The third-order valence-corrected chi connectivity index (χ3v) is 14.8. The Morgan fingerprint density at radius 2 is 1.63 bits per heavy atom. The van der Waals surface area contributed by atoms with Gasteiger partial charge in [0.15, 0.2) is 23.1 Å². The Kier molecular flexibility index (Phi) is 12.3. The second-order valence-electron chi connectivity index (χ2n) is 19.5. The number of Topliss-reactive ketones (excluding diaryl/α,β-unsaturated/α-hetero) is 3. The lowest BCUT2D eigenvalue weighted by Crippen LogP contribution is -2.61. The average molecular weight is 751 g/mol. The van der Waals surface area contributed by atoms with Gasteiger partial charge in [-0.25, -0.2) is 0 Å². The molecule has 0 aromatic heterocycles. The third-order valence-electron chi connectivity index (χ3n) is 14.8. The summed E-state index contributed by atoms with van der Waals surface area (Å²) in [5, 5.41) is 22.4. The topological polar surface area (TPSA) is 127 Å². The number of aliphatic hydroxyl groups is 2. The summed E-state index contributed by atoms with van der Waals surface area (Å²) in [6.07, 6.45) is 9.19. The van der Waals surface area contributed by atoms with Crippen LogP contribution in [0.2, 0.25) is 0 Å². The van der Waals surface area contributed by atoms with E-state index < -0.39 is 69.7 Å². The van der Waals surface area contributed by atoms with Gasteiger partial charge < -0.3 is 19.7 Å². The molecule has 0 aromatic rings. The zero-order valence-corrected chi connectivity index (χ0v) is 35.3. The van der Waals surface area contributed by atoms with Gasteiger partial charge in [-0.15, -0.1) is 0 Å². The largest absolute Gasteiger partial charge is 0.449 e. The van der Waals surface area contributed by atoms with E-state index in [1.807, 2.05) is 47.6 Å². The molecule has 1 spiro atoms. The molecule has 8 heteroatoms. The van der Waals surface area contributed by atoms with Crippen LogP contribution in [0.5, 0.6) is 0 Å². The molecule has 302 valence electrons. The molecule has 0 aromatic carbocycles. The number of hydrogen-bond donors (Lipinski definition) is 2. The Labute approximate surface area is 325 Å². The predicted molar refractivity (Wildman–Crippen MR) is 210 cm³/mol. The summed E-state index contributed by atoms with van der Waals surface area (Å²) in [6, 6.07) is 0. The number of aliphatic hydroxyl groups excluding tert-OH is 2. The van der Waals surface area contributed by atoms with Gasteiger partial charge in [-0.3, -0.25) is 19.2 Å². The molecule has 54 heavy (non-hydrogen) atoms. The van der Waals surface area contributed by atoms with Gasteiger partial charge in [0.25, 0.3) is 0 Å². The molecule has 1 aliphatic heterocycles. The zero-order valence-electron chi connectivity index (χ0n) is 35.3. The Bertz CT molecular complexity index is 1580. The van der Waals surface area contributed by atoms with Gasteiger partial charge in [-0.05, 0) is 90.4 Å². The first-order chi connectivity index (χ1) is 25.1. The third kappa shape index (κ3) is 7.08. The summed E-state index contributed by atoms with van der Waals surface area (Å²) < 4.78 is 13.2. The highest BCUT2D eigenvalue weighted by atomic mass is 16.6. The van der Waals surface area contributed by atoms with E-state index >= 15 is 9.59 Å². The van der Waals surface area contributed by atoms with E-state index in [2.05, 4.69) is 53.7 Å². The molecular formula is C46H70O8. The number of allylic oxidation sites excluding steroid dienone is 3. The SMILES string of the molecule is CCC1=C[C@H](CO)C[C@@H](C)[C@H](OC(C)(C)C)C(C)CCC[C@]2(C)C=C(C)[C@H](C)CC23OC(=O)C(C(=O)C2(CC)C4C(C)C(=O)CC(O)[C@H]4C=C(C)[C@@H]12)C3=O. The van der Waals surface area contributed by atoms with Crippen LogP contribution in [-0.2, 0) is 28.7 Å². The van der Waals surface area contributed by atoms with Gasteiger partial charge in [-0.2, -0.15) is 0 Å². The van der Waals surface area contributed by atoms with E-state index in [0.717, 1.165) is 29.6 Å². The summed E-state index contributed by atoms with van der Waals surface area (Å²) >= 11 is 0. The fraction of sp³-hybridized carbons (Fsp3) is 0.783. The molecule has 0 amide bonds. The molecule has 1 heterocycles. The number of fused-ring (bicyclic) bond motifs is 4. The van der Waals surface area contributed by atoms with Crippen molar-refractivity contribution < 1.29 is 38.9 Å². The molecule has 5 aliphatic rings. The summed E-state index contributed by atoms with van der Waals surface area (Å²) in [5.74, 6) is -5.76. The van der Waals surface area contributed by atoms with Crippen molar-refractivity contribution >= 4 is 23.3 Å². The fourth-order valence-electron chi connectivity index (χ4n) is 12.0. The van der Waals surface area contributed by atoms with Gasteiger partial charge in [0.05, 0.1) is 17.8 Å². The summed E-state index contributed by atoms with van der Waals surface area (Å²) in [5.41, 5.74) is -1.12. The molecule has 0 radical (unpaired) electrons. The maximum absolute atomic E-state index is 15.9. The Morgan fingerprint density at radius 1 is 0.963 bits per heavy atom. The first-order valence-corrected chi connectivity index (χ1v) is 21.0. The molecule has 2 bridgehead atoms. The maximum Gasteiger partial charge on any atom is 0.325 e. The monoisotopic (exact) mass is 751 g/mol. The van der Waals surface area contributed by atoms with Crippen molar-refractivity contribution in [3.63, 3.8) is 0 Å². The number of carbonyl (C=O) groups is 4. The highest BCUT2D eigenvalue weighted by Crippen LogP contribution is 2.62. The Balaban J connectivity index is 1.80. The molecule has 2 N–H and O–H groups in total. The average Bonchev–Trinajstić information content (AvgIpc) is 3.34. The van der Waals surface area contributed by atoms with Crippen molar-refractivity contribution in [2.45, 2.75) is 158 Å². The van der Waals surface area contributed by atoms with Crippen LogP contribution in [-0.4, -0.2) is 63.5 Å². The van der Waals surface area contributed by atoms with E-state index in [9.17, 15) is 19.8 Å². The normalized spacial score (nSPS) is 43.9. The molecule has 14 atom stereocenters. The van der Waals surface area contributed by atoms with Crippen molar-refractivity contribution in [2.24, 2.45) is 64.1 Å².